The Morgan fingerprint density at radius 2 is 1.78 bits per heavy atom. The summed E-state index contributed by atoms with van der Waals surface area (Å²) in [4.78, 5) is 26.6. The Morgan fingerprint density at radius 1 is 1.13 bits per heavy atom. The number of nitrogens with zero attached hydrogens (tertiary/aromatic N) is 1. The lowest BCUT2D eigenvalue weighted by atomic mass is 10.00. The fraction of sp³-hybridized carbons (Fsp3) is 0.875. The first-order chi connectivity index (χ1) is 10.9. The number of carbonyl (C=O) groups excluding carboxylic acids is 2. The minimum atomic E-state index is -0.448. The number of morpholine rings is 1. The fourth-order valence-corrected chi connectivity index (χ4v) is 3.40. The van der Waals surface area contributed by atoms with Crippen LogP contribution in [0.15, 0.2) is 0 Å². The van der Waals surface area contributed by atoms with Gasteiger partial charge in [0.05, 0.1) is 18.2 Å². The third-order valence-electron chi connectivity index (χ3n) is 4.27. The first kappa shape index (κ1) is 18.2. The predicted molar refractivity (Wildman–Crippen MR) is 85.5 cm³/mol. The quantitative estimate of drug-likeness (QED) is 0.733. The van der Waals surface area contributed by atoms with Gasteiger partial charge in [-0.05, 0) is 32.6 Å². The molecule has 2 amide bonds. The molecule has 23 heavy (non-hydrogen) atoms. The van der Waals surface area contributed by atoms with Gasteiger partial charge in [-0.15, -0.1) is 0 Å². The van der Waals surface area contributed by atoms with E-state index in [2.05, 4.69) is 15.8 Å². The lowest BCUT2D eigenvalue weighted by Gasteiger charge is -2.40. The monoisotopic (exact) mass is 327 g/mol. The van der Waals surface area contributed by atoms with Crippen molar-refractivity contribution in [2.24, 2.45) is 5.92 Å². The molecule has 0 radical (unpaired) electrons. The van der Waals surface area contributed by atoms with Crippen LogP contribution in [0.2, 0.25) is 0 Å². The van der Waals surface area contributed by atoms with Crippen LogP contribution in [0.3, 0.4) is 0 Å². The molecule has 4 unspecified atom stereocenters. The van der Waals surface area contributed by atoms with Gasteiger partial charge in [-0.2, -0.15) is 0 Å². The molecule has 2 heterocycles. The Hall–Kier alpha value is -1.18. The number of hydrogen-bond acceptors (Lipinski definition) is 5. The van der Waals surface area contributed by atoms with Crippen LogP contribution in [-0.2, 0) is 19.1 Å². The Bertz CT molecular complexity index is 414. The van der Waals surface area contributed by atoms with Crippen LogP contribution >= 0.6 is 0 Å². The third-order valence-corrected chi connectivity index (χ3v) is 4.27. The number of nitrogens with one attached hydrogen (secondary N) is 2. The van der Waals surface area contributed by atoms with E-state index >= 15 is 0 Å². The molecule has 0 saturated carbocycles. The summed E-state index contributed by atoms with van der Waals surface area (Å²) in [6.45, 7) is 10.1. The molecule has 7 heteroatoms. The zero-order valence-electron chi connectivity index (χ0n) is 14.5. The van der Waals surface area contributed by atoms with Crippen LogP contribution in [0.25, 0.3) is 0 Å². The van der Waals surface area contributed by atoms with E-state index in [9.17, 15) is 9.59 Å². The predicted octanol–water partition coefficient (Wildman–Crippen LogP) is 0.447. The maximum Gasteiger partial charge on any atom is 0.267 e. The molecule has 0 spiro atoms. The zero-order chi connectivity index (χ0) is 17.0. The molecule has 0 aromatic heterocycles. The van der Waals surface area contributed by atoms with Gasteiger partial charge in [0.25, 0.3) is 11.8 Å². The Labute approximate surface area is 138 Å². The van der Waals surface area contributed by atoms with Crippen molar-refractivity contribution in [3.05, 3.63) is 0 Å². The molecule has 0 aromatic carbocycles. The molecule has 4 atom stereocenters. The van der Waals surface area contributed by atoms with Gasteiger partial charge in [0.1, 0.15) is 6.10 Å². The second kappa shape index (κ2) is 8.08. The number of carbonyl (C=O) groups is 2. The normalized spacial score (nSPS) is 30.2. The Balaban J connectivity index is 1.91. The largest absolute Gasteiger partial charge is 0.373 e. The maximum atomic E-state index is 12.6. The summed E-state index contributed by atoms with van der Waals surface area (Å²) in [5.74, 6) is -0.332. The summed E-state index contributed by atoms with van der Waals surface area (Å²) in [6, 6.07) is -0.298. The maximum absolute atomic E-state index is 12.6. The van der Waals surface area contributed by atoms with Crippen molar-refractivity contribution < 1.29 is 19.1 Å². The van der Waals surface area contributed by atoms with Crippen molar-refractivity contribution in [1.82, 2.24) is 15.8 Å². The van der Waals surface area contributed by atoms with E-state index in [1.165, 1.54) is 0 Å². The van der Waals surface area contributed by atoms with Crippen molar-refractivity contribution >= 4 is 11.8 Å². The molecular formula is C16H29N3O4. The van der Waals surface area contributed by atoms with Gasteiger partial charge in [0.15, 0.2) is 0 Å². The first-order valence-electron chi connectivity index (χ1n) is 8.49. The van der Waals surface area contributed by atoms with Crippen molar-refractivity contribution in [3.63, 3.8) is 0 Å². The van der Waals surface area contributed by atoms with E-state index in [0.29, 0.717) is 26.1 Å². The van der Waals surface area contributed by atoms with Gasteiger partial charge in [-0.25, -0.2) is 0 Å². The molecular weight excluding hydrogens is 298 g/mol. The average Bonchev–Trinajstić information content (AvgIpc) is 2.97. The van der Waals surface area contributed by atoms with Crippen LogP contribution in [0, 0.1) is 5.92 Å². The zero-order valence-corrected chi connectivity index (χ0v) is 14.5. The molecule has 2 N–H and O–H groups in total. The second-order valence-electron chi connectivity index (χ2n) is 6.88. The van der Waals surface area contributed by atoms with Gasteiger partial charge in [-0.1, -0.05) is 13.8 Å². The summed E-state index contributed by atoms with van der Waals surface area (Å²) >= 11 is 0. The highest BCUT2D eigenvalue weighted by molar-refractivity contribution is 5.87. The van der Waals surface area contributed by atoms with E-state index < -0.39 is 6.10 Å². The summed E-state index contributed by atoms with van der Waals surface area (Å²) in [6.07, 6.45) is 1.32. The van der Waals surface area contributed by atoms with Gasteiger partial charge in [-0.3, -0.25) is 25.3 Å². The molecule has 7 nitrogen and oxygen atoms in total. The van der Waals surface area contributed by atoms with Crippen molar-refractivity contribution in [2.75, 3.05) is 19.7 Å². The van der Waals surface area contributed by atoms with Crippen LogP contribution in [0.5, 0.6) is 0 Å². The highest BCUT2D eigenvalue weighted by Crippen LogP contribution is 2.18. The number of rotatable bonds is 4. The highest BCUT2D eigenvalue weighted by atomic mass is 16.5. The van der Waals surface area contributed by atoms with E-state index in [0.717, 1.165) is 6.42 Å². The Morgan fingerprint density at radius 3 is 2.30 bits per heavy atom. The average molecular weight is 327 g/mol. The van der Waals surface area contributed by atoms with Crippen molar-refractivity contribution in [3.8, 4) is 0 Å². The summed E-state index contributed by atoms with van der Waals surface area (Å²) in [5, 5.41) is 0. The molecule has 0 aliphatic carbocycles. The number of hydrazine groups is 1. The first-order valence-corrected chi connectivity index (χ1v) is 8.49. The molecule has 0 aromatic rings. The van der Waals surface area contributed by atoms with Gasteiger partial charge < -0.3 is 9.47 Å². The van der Waals surface area contributed by atoms with Gasteiger partial charge in [0, 0.05) is 19.7 Å². The SMILES string of the molecule is CC1CN(C(C(=O)NNC(=O)C2CCCO2)C(C)C)CC(C)O1. The summed E-state index contributed by atoms with van der Waals surface area (Å²) in [5.41, 5.74) is 5.07. The lowest BCUT2D eigenvalue weighted by molar-refractivity contribution is -0.141. The molecule has 132 valence electrons. The minimum Gasteiger partial charge on any atom is -0.373 e. The second-order valence-corrected chi connectivity index (χ2v) is 6.88. The molecule has 2 rings (SSSR count). The molecule has 0 bridgehead atoms. The molecule has 2 aliphatic heterocycles. The summed E-state index contributed by atoms with van der Waals surface area (Å²) < 4.78 is 11.0. The van der Waals surface area contributed by atoms with Crippen LogP contribution in [0.1, 0.15) is 40.5 Å². The molecule has 2 aliphatic rings. The Kier molecular flexibility index (Phi) is 6.38. The highest BCUT2D eigenvalue weighted by Gasteiger charge is 2.34. The third kappa shape index (κ3) is 4.89. The number of hydrogen-bond donors (Lipinski definition) is 2. The van der Waals surface area contributed by atoms with E-state index in [1.54, 1.807) is 0 Å². The van der Waals surface area contributed by atoms with E-state index in [1.807, 2.05) is 27.7 Å². The molecule has 2 saturated heterocycles. The van der Waals surface area contributed by atoms with Crippen molar-refractivity contribution in [2.45, 2.75) is 64.9 Å². The number of ether oxygens (including phenoxy) is 2. The van der Waals surface area contributed by atoms with E-state index in [4.69, 9.17) is 9.47 Å². The van der Waals surface area contributed by atoms with Gasteiger partial charge >= 0.3 is 0 Å². The van der Waals surface area contributed by atoms with Crippen LogP contribution < -0.4 is 10.9 Å². The van der Waals surface area contributed by atoms with E-state index in [-0.39, 0.29) is 36.0 Å². The van der Waals surface area contributed by atoms with Gasteiger partial charge in [0.2, 0.25) is 0 Å². The topological polar surface area (TPSA) is 79.9 Å². The molecule has 2 fully saturated rings. The van der Waals surface area contributed by atoms with Crippen LogP contribution in [-0.4, -0.2) is 60.8 Å². The van der Waals surface area contributed by atoms with Crippen LogP contribution in [0.4, 0.5) is 0 Å². The number of amides is 2. The lowest BCUT2D eigenvalue weighted by Crippen LogP contribution is -2.59. The fourth-order valence-electron chi connectivity index (χ4n) is 3.40. The minimum absolute atomic E-state index is 0.0919. The smallest absolute Gasteiger partial charge is 0.267 e. The standard InChI is InChI=1S/C16H29N3O4/c1-10(2)14(19-8-11(3)23-12(4)9-19)16(21)18-17-15(20)13-6-5-7-22-13/h10-14H,5-9H2,1-4H3,(H,17,20)(H,18,21). The van der Waals surface area contributed by atoms with Crippen molar-refractivity contribution in [1.29, 1.82) is 0 Å². The summed E-state index contributed by atoms with van der Waals surface area (Å²) in [7, 11) is 0.